The molecule has 0 aliphatic carbocycles. The third-order valence-corrected chi connectivity index (χ3v) is 2.22. The summed E-state index contributed by atoms with van der Waals surface area (Å²) in [6.07, 6.45) is 5.04. The average Bonchev–Trinajstić information content (AvgIpc) is 2.69. The van der Waals surface area contributed by atoms with E-state index in [-0.39, 0.29) is 12.5 Å². The van der Waals surface area contributed by atoms with Crippen molar-refractivity contribution in [3.05, 3.63) is 28.7 Å². The van der Waals surface area contributed by atoms with Gasteiger partial charge in [0, 0.05) is 5.69 Å². The lowest BCUT2D eigenvalue weighted by atomic mass is 10.3. The van der Waals surface area contributed by atoms with Gasteiger partial charge in [-0.25, -0.2) is 4.79 Å². The maximum atomic E-state index is 11.5. The van der Waals surface area contributed by atoms with Crippen molar-refractivity contribution in [1.82, 2.24) is 10.3 Å². The van der Waals surface area contributed by atoms with Crippen molar-refractivity contribution in [1.29, 1.82) is 0 Å². The molecule has 1 amide bonds. The lowest BCUT2D eigenvalue weighted by molar-refractivity contribution is -0.115. The molecular weight excluding hydrogens is 234 g/mol. The standard InChI is InChI=1S/C12H11N3O3/c1-2-5-13-7-11(16)14-8-3-4-10-9(6-8)15-12(17)18-10/h1,3-4,6,13H,5,7H2,(H,14,16)(H,15,17). The molecule has 0 atom stereocenters. The van der Waals surface area contributed by atoms with Crippen LogP contribution in [0, 0.1) is 12.3 Å². The number of carbonyl (C=O) groups is 1. The number of rotatable bonds is 4. The molecule has 0 spiro atoms. The zero-order chi connectivity index (χ0) is 13.0. The molecule has 0 saturated heterocycles. The number of hydrogen-bond donors (Lipinski definition) is 3. The predicted molar refractivity (Wildman–Crippen MR) is 67.2 cm³/mol. The van der Waals surface area contributed by atoms with Gasteiger partial charge in [0.05, 0.1) is 18.6 Å². The van der Waals surface area contributed by atoms with Gasteiger partial charge in [-0.3, -0.25) is 15.1 Å². The molecule has 1 aromatic heterocycles. The first kappa shape index (κ1) is 12.0. The fourth-order valence-corrected chi connectivity index (χ4v) is 1.48. The SMILES string of the molecule is C#CCNCC(=O)Nc1ccc2oc(=O)[nH]c2c1. The molecule has 18 heavy (non-hydrogen) atoms. The van der Waals surface area contributed by atoms with Crippen LogP contribution in [0.4, 0.5) is 5.69 Å². The minimum Gasteiger partial charge on any atom is -0.408 e. The van der Waals surface area contributed by atoms with Crippen molar-refractivity contribution in [3.63, 3.8) is 0 Å². The van der Waals surface area contributed by atoms with Crippen molar-refractivity contribution in [2.24, 2.45) is 0 Å². The molecule has 6 heteroatoms. The van der Waals surface area contributed by atoms with E-state index in [9.17, 15) is 9.59 Å². The fourth-order valence-electron chi connectivity index (χ4n) is 1.48. The van der Waals surface area contributed by atoms with E-state index in [2.05, 4.69) is 21.5 Å². The summed E-state index contributed by atoms with van der Waals surface area (Å²) in [5.74, 6) is 1.63. The second-order valence-electron chi connectivity index (χ2n) is 3.58. The number of carbonyl (C=O) groups excluding carboxylic acids is 1. The molecule has 0 fully saturated rings. The lowest BCUT2D eigenvalue weighted by Crippen LogP contribution is -2.28. The van der Waals surface area contributed by atoms with Crippen LogP contribution in [0.5, 0.6) is 0 Å². The number of hydrogen-bond acceptors (Lipinski definition) is 4. The Balaban J connectivity index is 2.05. The van der Waals surface area contributed by atoms with E-state index in [0.29, 0.717) is 23.3 Å². The molecular formula is C12H11N3O3. The number of nitrogens with one attached hydrogen (secondary N) is 3. The number of fused-ring (bicyclic) bond motifs is 1. The minimum absolute atomic E-state index is 0.129. The van der Waals surface area contributed by atoms with Crippen LogP contribution in [-0.2, 0) is 4.79 Å². The third kappa shape index (κ3) is 2.78. The highest BCUT2D eigenvalue weighted by molar-refractivity contribution is 5.94. The van der Waals surface area contributed by atoms with Crippen LogP contribution in [0.15, 0.2) is 27.4 Å². The number of amides is 1. The highest BCUT2D eigenvalue weighted by Gasteiger charge is 2.04. The Labute approximate surface area is 102 Å². The van der Waals surface area contributed by atoms with Crippen LogP contribution in [0.1, 0.15) is 0 Å². The van der Waals surface area contributed by atoms with Crippen LogP contribution in [-0.4, -0.2) is 24.0 Å². The summed E-state index contributed by atoms with van der Waals surface area (Å²) < 4.78 is 4.85. The molecule has 92 valence electrons. The number of benzene rings is 1. The third-order valence-electron chi connectivity index (χ3n) is 2.22. The van der Waals surface area contributed by atoms with Gasteiger partial charge >= 0.3 is 5.76 Å². The monoisotopic (exact) mass is 245 g/mol. The number of anilines is 1. The van der Waals surface area contributed by atoms with Gasteiger partial charge in [0.1, 0.15) is 0 Å². The molecule has 0 saturated carbocycles. The summed E-state index contributed by atoms with van der Waals surface area (Å²) in [5.41, 5.74) is 1.56. The molecule has 0 radical (unpaired) electrons. The summed E-state index contributed by atoms with van der Waals surface area (Å²) >= 11 is 0. The second-order valence-corrected chi connectivity index (χ2v) is 3.58. The Morgan fingerprint density at radius 3 is 3.11 bits per heavy atom. The van der Waals surface area contributed by atoms with E-state index in [4.69, 9.17) is 10.8 Å². The first-order valence-corrected chi connectivity index (χ1v) is 5.26. The average molecular weight is 245 g/mol. The van der Waals surface area contributed by atoms with Gasteiger partial charge in [0.25, 0.3) is 0 Å². The van der Waals surface area contributed by atoms with Crippen molar-refractivity contribution in [2.45, 2.75) is 0 Å². The summed E-state index contributed by atoms with van der Waals surface area (Å²) in [6.45, 7) is 0.464. The Bertz CT molecular complexity index is 663. The van der Waals surface area contributed by atoms with E-state index >= 15 is 0 Å². The van der Waals surface area contributed by atoms with Crippen molar-refractivity contribution >= 4 is 22.7 Å². The predicted octanol–water partition coefficient (Wildman–Crippen LogP) is 0.282. The molecule has 1 aromatic carbocycles. The molecule has 3 N–H and O–H groups in total. The smallest absolute Gasteiger partial charge is 0.408 e. The molecule has 0 aliphatic rings. The topological polar surface area (TPSA) is 87.1 Å². The largest absolute Gasteiger partial charge is 0.417 e. The van der Waals surface area contributed by atoms with E-state index in [1.54, 1.807) is 18.2 Å². The van der Waals surface area contributed by atoms with Gasteiger partial charge in [-0.2, -0.15) is 0 Å². The maximum absolute atomic E-state index is 11.5. The van der Waals surface area contributed by atoms with Crippen molar-refractivity contribution in [3.8, 4) is 12.3 Å². The number of aromatic nitrogens is 1. The lowest BCUT2D eigenvalue weighted by Gasteiger charge is -2.04. The van der Waals surface area contributed by atoms with Crippen LogP contribution in [0.3, 0.4) is 0 Å². The molecule has 0 bridgehead atoms. The van der Waals surface area contributed by atoms with E-state index < -0.39 is 5.76 Å². The summed E-state index contributed by atoms with van der Waals surface area (Å²) in [7, 11) is 0. The van der Waals surface area contributed by atoms with Gasteiger partial charge in [-0.1, -0.05) is 5.92 Å². The number of oxazole rings is 1. The summed E-state index contributed by atoms with van der Waals surface area (Å²) in [5, 5.41) is 5.44. The quantitative estimate of drug-likeness (QED) is 0.533. The van der Waals surface area contributed by atoms with E-state index in [1.807, 2.05) is 0 Å². The fraction of sp³-hybridized carbons (Fsp3) is 0.167. The Hall–Kier alpha value is -2.52. The van der Waals surface area contributed by atoms with Crippen LogP contribution in [0.25, 0.3) is 11.1 Å². The zero-order valence-corrected chi connectivity index (χ0v) is 9.45. The van der Waals surface area contributed by atoms with E-state index in [1.165, 1.54) is 0 Å². The number of terminal acetylenes is 1. The molecule has 6 nitrogen and oxygen atoms in total. The number of aromatic amines is 1. The van der Waals surface area contributed by atoms with Crippen LogP contribution < -0.4 is 16.4 Å². The highest BCUT2D eigenvalue weighted by Crippen LogP contribution is 2.15. The molecule has 2 aromatic rings. The number of H-pyrrole nitrogens is 1. The van der Waals surface area contributed by atoms with E-state index in [0.717, 1.165) is 0 Å². The Kier molecular flexibility index (Phi) is 3.46. The van der Waals surface area contributed by atoms with Crippen molar-refractivity contribution in [2.75, 3.05) is 18.4 Å². The minimum atomic E-state index is -0.524. The van der Waals surface area contributed by atoms with Crippen LogP contribution in [0.2, 0.25) is 0 Å². The maximum Gasteiger partial charge on any atom is 0.417 e. The molecule has 1 heterocycles. The molecule has 2 rings (SSSR count). The van der Waals surface area contributed by atoms with Gasteiger partial charge in [-0.15, -0.1) is 6.42 Å². The highest BCUT2D eigenvalue weighted by atomic mass is 16.4. The van der Waals surface area contributed by atoms with Gasteiger partial charge < -0.3 is 9.73 Å². The molecule has 0 unspecified atom stereocenters. The molecule has 0 aliphatic heterocycles. The Morgan fingerprint density at radius 1 is 1.50 bits per heavy atom. The summed E-state index contributed by atoms with van der Waals surface area (Å²) in [6, 6.07) is 4.88. The second kappa shape index (κ2) is 5.21. The normalized spacial score (nSPS) is 10.2. The van der Waals surface area contributed by atoms with Gasteiger partial charge in [0.2, 0.25) is 5.91 Å². The first-order valence-electron chi connectivity index (χ1n) is 5.26. The van der Waals surface area contributed by atoms with Crippen molar-refractivity contribution < 1.29 is 9.21 Å². The van der Waals surface area contributed by atoms with Gasteiger partial charge in [-0.05, 0) is 18.2 Å². The Morgan fingerprint density at radius 2 is 2.33 bits per heavy atom. The zero-order valence-electron chi connectivity index (χ0n) is 9.45. The van der Waals surface area contributed by atoms with Gasteiger partial charge in [0.15, 0.2) is 5.58 Å². The van der Waals surface area contributed by atoms with Crippen LogP contribution >= 0.6 is 0 Å². The first-order chi connectivity index (χ1) is 8.69. The summed E-state index contributed by atoms with van der Waals surface area (Å²) in [4.78, 5) is 25.0.